The highest BCUT2D eigenvalue weighted by Gasteiger charge is 2.19. The zero-order chi connectivity index (χ0) is 15.7. The van der Waals surface area contributed by atoms with Gasteiger partial charge in [0.15, 0.2) is 23.0 Å². The van der Waals surface area contributed by atoms with Crippen molar-refractivity contribution in [2.24, 2.45) is 0 Å². The Morgan fingerprint density at radius 1 is 0.909 bits per heavy atom. The van der Waals surface area contributed by atoms with Crippen molar-refractivity contribution in [2.75, 3.05) is 13.9 Å². The van der Waals surface area contributed by atoms with E-state index in [4.69, 9.17) is 14.2 Å². The van der Waals surface area contributed by atoms with E-state index in [0.717, 1.165) is 11.1 Å². The van der Waals surface area contributed by atoms with Crippen LogP contribution in [0.4, 0.5) is 0 Å². The fourth-order valence-electron chi connectivity index (χ4n) is 2.49. The first-order chi connectivity index (χ1) is 10.6. The lowest BCUT2D eigenvalue weighted by Crippen LogP contribution is -1.94. The van der Waals surface area contributed by atoms with Crippen LogP contribution in [0.2, 0.25) is 0 Å². The molecule has 0 atom stereocenters. The fourth-order valence-corrected chi connectivity index (χ4v) is 2.49. The van der Waals surface area contributed by atoms with Gasteiger partial charge >= 0.3 is 0 Å². The lowest BCUT2D eigenvalue weighted by Gasteiger charge is -2.09. The molecule has 22 heavy (non-hydrogen) atoms. The maximum Gasteiger partial charge on any atom is 0.231 e. The van der Waals surface area contributed by atoms with Gasteiger partial charge in [-0.2, -0.15) is 0 Å². The number of aromatic hydroxyl groups is 3. The van der Waals surface area contributed by atoms with Crippen LogP contribution < -0.4 is 14.2 Å². The Morgan fingerprint density at radius 3 is 2.14 bits per heavy atom. The van der Waals surface area contributed by atoms with Crippen molar-refractivity contribution >= 4 is 0 Å². The Kier molecular flexibility index (Phi) is 3.58. The summed E-state index contributed by atoms with van der Waals surface area (Å²) in [5, 5.41) is 29.4. The molecule has 1 heterocycles. The molecule has 0 aliphatic carbocycles. The van der Waals surface area contributed by atoms with Crippen molar-refractivity contribution in [2.45, 2.75) is 12.8 Å². The normalized spacial score (nSPS) is 12.4. The van der Waals surface area contributed by atoms with Gasteiger partial charge in [0, 0.05) is 0 Å². The lowest BCUT2D eigenvalue weighted by molar-refractivity contribution is 0.171. The molecule has 116 valence electrons. The van der Waals surface area contributed by atoms with Crippen LogP contribution in [-0.2, 0) is 12.8 Å². The third-order valence-electron chi connectivity index (χ3n) is 3.53. The van der Waals surface area contributed by atoms with E-state index in [1.54, 1.807) is 18.2 Å². The van der Waals surface area contributed by atoms with E-state index >= 15 is 0 Å². The van der Waals surface area contributed by atoms with E-state index < -0.39 is 0 Å². The van der Waals surface area contributed by atoms with Gasteiger partial charge in [0.05, 0.1) is 7.11 Å². The predicted octanol–water partition coefficient (Wildman–Crippen LogP) is 2.33. The summed E-state index contributed by atoms with van der Waals surface area (Å²) in [5.41, 5.74) is 1.63. The van der Waals surface area contributed by atoms with Crippen LogP contribution in [0.3, 0.4) is 0 Å². The van der Waals surface area contributed by atoms with Gasteiger partial charge in [0.2, 0.25) is 18.3 Å². The van der Waals surface area contributed by atoms with E-state index in [-0.39, 0.29) is 29.8 Å². The zero-order valence-electron chi connectivity index (χ0n) is 12.0. The molecule has 0 aromatic heterocycles. The van der Waals surface area contributed by atoms with E-state index in [0.29, 0.717) is 24.3 Å². The molecule has 0 radical (unpaired) electrons. The standard InChI is InChI=1S/C16H16O6/c1-20-15-11(17)4-9(5-12(15)18)2-3-10-6-13(19)16-14(7-10)21-8-22-16/h4-7,17-19H,2-3,8H2,1H3. The Balaban J connectivity index is 1.77. The molecule has 3 N–H and O–H groups in total. The maximum atomic E-state index is 9.86. The van der Waals surface area contributed by atoms with Gasteiger partial charge in [0.1, 0.15) is 0 Å². The third-order valence-corrected chi connectivity index (χ3v) is 3.53. The lowest BCUT2D eigenvalue weighted by atomic mass is 10.0. The van der Waals surface area contributed by atoms with Crippen LogP contribution in [0, 0.1) is 0 Å². The number of aryl methyl sites for hydroxylation is 2. The molecule has 0 amide bonds. The highest BCUT2D eigenvalue weighted by Crippen LogP contribution is 2.41. The molecule has 3 rings (SSSR count). The Labute approximate surface area is 127 Å². The van der Waals surface area contributed by atoms with Crippen molar-refractivity contribution in [3.63, 3.8) is 0 Å². The van der Waals surface area contributed by atoms with Gasteiger partial charge in [-0.05, 0) is 48.2 Å². The summed E-state index contributed by atoms with van der Waals surface area (Å²) < 4.78 is 15.3. The fraction of sp³-hybridized carbons (Fsp3) is 0.250. The van der Waals surface area contributed by atoms with E-state index in [2.05, 4.69) is 0 Å². The first-order valence-electron chi connectivity index (χ1n) is 6.79. The molecule has 0 saturated heterocycles. The zero-order valence-corrected chi connectivity index (χ0v) is 12.0. The first kappa shape index (κ1) is 14.2. The minimum Gasteiger partial charge on any atom is -0.504 e. The van der Waals surface area contributed by atoms with Crippen molar-refractivity contribution in [1.82, 2.24) is 0 Å². The van der Waals surface area contributed by atoms with E-state index in [1.807, 2.05) is 6.07 Å². The molecule has 0 saturated carbocycles. The number of rotatable bonds is 4. The van der Waals surface area contributed by atoms with Crippen LogP contribution >= 0.6 is 0 Å². The number of phenolic OH excluding ortho intramolecular Hbond substituents is 3. The Hall–Kier alpha value is -2.76. The second kappa shape index (κ2) is 5.55. The number of methoxy groups -OCH3 is 1. The SMILES string of the molecule is COc1c(O)cc(CCc2cc(O)c3c(c2)OCO3)cc1O. The second-order valence-corrected chi connectivity index (χ2v) is 5.02. The number of hydrogen-bond donors (Lipinski definition) is 3. The van der Waals surface area contributed by atoms with Crippen molar-refractivity contribution in [1.29, 1.82) is 0 Å². The monoisotopic (exact) mass is 304 g/mol. The summed E-state index contributed by atoms with van der Waals surface area (Å²) in [6.45, 7) is 0.104. The average molecular weight is 304 g/mol. The molecule has 0 fully saturated rings. The van der Waals surface area contributed by atoms with E-state index in [9.17, 15) is 15.3 Å². The first-order valence-corrected chi connectivity index (χ1v) is 6.79. The number of ether oxygens (including phenoxy) is 3. The van der Waals surface area contributed by atoms with Crippen molar-refractivity contribution in [3.05, 3.63) is 35.4 Å². The van der Waals surface area contributed by atoms with Crippen LogP contribution in [0.15, 0.2) is 24.3 Å². The van der Waals surface area contributed by atoms with Crippen LogP contribution in [0.5, 0.6) is 34.5 Å². The number of benzene rings is 2. The minimum absolute atomic E-state index is 0.0467. The Morgan fingerprint density at radius 2 is 1.50 bits per heavy atom. The highest BCUT2D eigenvalue weighted by atomic mass is 16.7. The van der Waals surface area contributed by atoms with Gasteiger partial charge < -0.3 is 29.5 Å². The molecule has 0 unspecified atom stereocenters. The topological polar surface area (TPSA) is 88.4 Å². The smallest absolute Gasteiger partial charge is 0.231 e. The average Bonchev–Trinajstić information content (AvgIpc) is 2.94. The quantitative estimate of drug-likeness (QED) is 0.803. The minimum atomic E-state index is -0.106. The van der Waals surface area contributed by atoms with Crippen LogP contribution in [0.1, 0.15) is 11.1 Å². The largest absolute Gasteiger partial charge is 0.504 e. The van der Waals surface area contributed by atoms with Gasteiger partial charge in [-0.3, -0.25) is 0 Å². The van der Waals surface area contributed by atoms with Gasteiger partial charge in [-0.1, -0.05) is 0 Å². The molecule has 2 aromatic rings. The van der Waals surface area contributed by atoms with Crippen LogP contribution in [-0.4, -0.2) is 29.2 Å². The van der Waals surface area contributed by atoms with E-state index in [1.165, 1.54) is 7.11 Å². The molecule has 2 aromatic carbocycles. The Bertz CT molecular complexity index is 687. The summed E-state index contributed by atoms with van der Waals surface area (Å²) in [6, 6.07) is 6.53. The van der Waals surface area contributed by atoms with Gasteiger partial charge in [-0.25, -0.2) is 0 Å². The summed E-state index contributed by atoms with van der Waals surface area (Å²) >= 11 is 0. The predicted molar refractivity (Wildman–Crippen MR) is 78.0 cm³/mol. The molecular weight excluding hydrogens is 288 g/mol. The number of hydrogen-bond acceptors (Lipinski definition) is 6. The summed E-state index contributed by atoms with van der Waals surface area (Å²) in [6.07, 6.45) is 1.18. The summed E-state index contributed by atoms with van der Waals surface area (Å²) in [5.74, 6) is 0.783. The molecule has 6 nitrogen and oxygen atoms in total. The molecule has 0 spiro atoms. The van der Waals surface area contributed by atoms with Crippen LogP contribution in [0.25, 0.3) is 0 Å². The molecular formula is C16H16O6. The molecule has 1 aliphatic rings. The summed E-state index contributed by atoms with van der Waals surface area (Å²) in [4.78, 5) is 0. The van der Waals surface area contributed by atoms with Crippen molar-refractivity contribution < 1.29 is 29.5 Å². The van der Waals surface area contributed by atoms with Gasteiger partial charge in [-0.15, -0.1) is 0 Å². The summed E-state index contributed by atoms with van der Waals surface area (Å²) in [7, 11) is 1.38. The van der Waals surface area contributed by atoms with Crippen molar-refractivity contribution in [3.8, 4) is 34.5 Å². The molecule has 1 aliphatic heterocycles. The number of fused-ring (bicyclic) bond motifs is 1. The molecule has 0 bridgehead atoms. The number of phenols is 3. The van der Waals surface area contributed by atoms with Gasteiger partial charge in [0.25, 0.3) is 0 Å². The highest BCUT2D eigenvalue weighted by molar-refractivity contribution is 5.55. The second-order valence-electron chi connectivity index (χ2n) is 5.02. The molecule has 6 heteroatoms. The maximum absolute atomic E-state index is 9.86. The third kappa shape index (κ3) is 2.55.